The molecule has 0 bridgehead atoms. The first-order chi connectivity index (χ1) is 12.9. The van der Waals surface area contributed by atoms with E-state index >= 15 is 0 Å². The van der Waals surface area contributed by atoms with Crippen molar-refractivity contribution in [2.75, 3.05) is 0 Å². The maximum atomic E-state index is 2.34. The van der Waals surface area contributed by atoms with E-state index in [4.69, 9.17) is 0 Å². The summed E-state index contributed by atoms with van der Waals surface area (Å²) in [5, 5.41) is 0. The van der Waals surface area contributed by atoms with Gasteiger partial charge in [-0.1, -0.05) is 109 Å². The van der Waals surface area contributed by atoms with Crippen molar-refractivity contribution in [3.8, 4) is 22.3 Å². The van der Waals surface area contributed by atoms with Crippen LogP contribution in [0.5, 0.6) is 0 Å². The number of hydrogen-bond donors (Lipinski definition) is 0. The average Bonchev–Trinajstić information content (AvgIpc) is 2.74. The third kappa shape index (κ3) is 3.60. The van der Waals surface area contributed by atoms with Gasteiger partial charge in [-0.3, -0.25) is 0 Å². The maximum absolute atomic E-state index is 2.34. The molecule has 0 fully saturated rings. The van der Waals surface area contributed by atoms with Crippen molar-refractivity contribution in [3.05, 3.63) is 127 Å². The summed E-state index contributed by atoms with van der Waals surface area (Å²) >= 11 is 0. The van der Waals surface area contributed by atoms with Crippen LogP contribution < -0.4 is 0 Å². The zero-order chi connectivity index (χ0) is 17.6. The van der Waals surface area contributed by atoms with Gasteiger partial charge in [0.1, 0.15) is 0 Å². The van der Waals surface area contributed by atoms with E-state index in [1.807, 2.05) is 0 Å². The van der Waals surface area contributed by atoms with Crippen LogP contribution in [0.3, 0.4) is 0 Å². The summed E-state index contributed by atoms with van der Waals surface area (Å²) in [7, 11) is 0. The van der Waals surface area contributed by atoms with E-state index in [1.54, 1.807) is 0 Å². The molecule has 0 aliphatic heterocycles. The summed E-state index contributed by atoms with van der Waals surface area (Å²) in [6.45, 7) is 0. The monoisotopic (exact) mass is 333 g/mol. The second-order valence-electron chi connectivity index (χ2n) is 6.38. The van der Waals surface area contributed by atoms with E-state index in [1.165, 1.54) is 33.4 Å². The first-order valence-electron chi connectivity index (χ1n) is 9.03. The minimum Gasteiger partial charge on any atom is -0.0622 e. The number of hydrogen-bond acceptors (Lipinski definition) is 0. The zero-order valence-electron chi connectivity index (χ0n) is 14.7. The molecular formula is C26H21. The molecule has 0 atom stereocenters. The maximum Gasteiger partial charge on any atom is -0.00428 e. The molecule has 0 heterocycles. The topological polar surface area (TPSA) is 0 Å². The minimum atomic E-state index is 0.912. The largest absolute Gasteiger partial charge is 0.0622 e. The van der Waals surface area contributed by atoms with Crippen molar-refractivity contribution in [2.24, 2.45) is 0 Å². The van der Waals surface area contributed by atoms with E-state index in [0.717, 1.165) is 6.42 Å². The van der Waals surface area contributed by atoms with Crippen LogP contribution in [0.15, 0.2) is 109 Å². The lowest BCUT2D eigenvalue weighted by molar-refractivity contribution is 1.17. The molecule has 26 heavy (non-hydrogen) atoms. The first-order valence-corrected chi connectivity index (χ1v) is 9.03. The smallest absolute Gasteiger partial charge is 0.00428 e. The Hall–Kier alpha value is -3.12. The predicted octanol–water partition coefficient (Wildman–Crippen LogP) is 6.82. The van der Waals surface area contributed by atoms with E-state index in [9.17, 15) is 0 Å². The molecule has 0 N–H and O–H groups in total. The van der Waals surface area contributed by atoms with Gasteiger partial charge in [-0.25, -0.2) is 0 Å². The molecule has 0 aliphatic carbocycles. The molecule has 0 heteroatoms. The quantitative estimate of drug-likeness (QED) is 0.376. The fourth-order valence-electron chi connectivity index (χ4n) is 3.37. The molecule has 0 unspecified atom stereocenters. The van der Waals surface area contributed by atoms with Crippen LogP contribution in [0.1, 0.15) is 11.1 Å². The standard InChI is InChI=1S/C26H21/c1-3-11-21(12-4-1)25-17-9-7-15-23(25)19-20-24-16-8-10-18-26(24)22-13-5-2-6-14-22/h1-19H,20H2. The van der Waals surface area contributed by atoms with Crippen molar-refractivity contribution < 1.29 is 0 Å². The van der Waals surface area contributed by atoms with E-state index < -0.39 is 0 Å². The van der Waals surface area contributed by atoms with E-state index in [2.05, 4.69) is 116 Å². The van der Waals surface area contributed by atoms with Gasteiger partial charge in [0.2, 0.25) is 0 Å². The molecule has 0 saturated carbocycles. The first kappa shape index (κ1) is 16.4. The van der Waals surface area contributed by atoms with Gasteiger partial charge in [0, 0.05) is 0 Å². The van der Waals surface area contributed by atoms with Crippen LogP contribution in [-0.2, 0) is 6.42 Å². The summed E-state index contributed by atoms with van der Waals surface area (Å²) in [6, 6.07) is 38.5. The van der Waals surface area contributed by atoms with Crippen molar-refractivity contribution in [1.82, 2.24) is 0 Å². The Balaban J connectivity index is 1.62. The van der Waals surface area contributed by atoms with Gasteiger partial charge < -0.3 is 0 Å². The molecule has 0 saturated heterocycles. The molecule has 0 aliphatic rings. The highest BCUT2D eigenvalue weighted by molar-refractivity contribution is 5.70. The Labute approximate surface area is 155 Å². The highest BCUT2D eigenvalue weighted by Crippen LogP contribution is 2.28. The fraction of sp³-hybridized carbons (Fsp3) is 0.0385. The number of rotatable bonds is 5. The van der Waals surface area contributed by atoms with Gasteiger partial charge in [0.25, 0.3) is 0 Å². The second kappa shape index (κ2) is 7.84. The summed E-state index contributed by atoms with van der Waals surface area (Å²) in [6.07, 6.45) is 3.25. The average molecular weight is 333 g/mol. The van der Waals surface area contributed by atoms with Gasteiger partial charge in [-0.05, 0) is 46.2 Å². The van der Waals surface area contributed by atoms with Crippen molar-refractivity contribution in [1.29, 1.82) is 0 Å². The van der Waals surface area contributed by atoms with Crippen LogP contribution in [0.2, 0.25) is 0 Å². The van der Waals surface area contributed by atoms with Gasteiger partial charge in [-0.2, -0.15) is 0 Å². The summed E-state index contributed by atoms with van der Waals surface area (Å²) < 4.78 is 0. The van der Waals surface area contributed by atoms with Crippen LogP contribution >= 0.6 is 0 Å². The van der Waals surface area contributed by atoms with Gasteiger partial charge in [0.15, 0.2) is 0 Å². The molecule has 125 valence electrons. The molecule has 0 amide bonds. The minimum absolute atomic E-state index is 0.912. The summed E-state index contributed by atoms with van der Waals surface area (Å²) in [5.41, 5.74) is 7.75. The highest BCUT2D eigenvalue weighted by atomic mass is 14.1. The van der Waals surface area contributed by atoms with Crippen molar-refractivity contribution >= 4 is 0 Å². The Bertz CT molecular complexity index is 886. The van der Waals surface area contributed by atoms with Crippen LogP contribution in [0, 0.1) is 6.42 Å². The van der Waals surface area contributed by atoms with Gasteiger partial charge >= 0.3 is 0 Å². The SMILES string of the molecule is [CH](Cc1ccccc1-c1ccccc1)c1ccccc1-c1ccccc1. The Morgan fingerprint density at radius 1 is 0.462 bits per heavy atom. The van der Waals surface area contributed by atoms with Crippen LogP contribution in [-0.4, -0.2) is 0 Å². The molecule has 4 aromatic carbocycles. The lowest BCUT2D eigenvalue weighted by Crippen LogP contribution is -1.94. The van der Waals surface area contributed by atoms with Crippen molar-refractivity contribution in [2.45, 2.75) is 6.42 Å². The molecule has 0 aromatic heterocycles. The molecule has 0 spiro atoms. The van der Waals surface area contributed by atoms with Crippen LogP contribution in [0.4, 0.5) is 0 Å². The molecule has 0 nitrogen and oxygen atoms in total. The fourth-order valence-corrected chi connectivity index (χ4v) is 3.37. The van der Waals surface area contributed by atoms with E-state index in [-0.39, 0.29) is 0 Å². The van der Waals surface area contributed by atoms with Gasteiger partial charge in [-0.15, -0.1) is 0 Å². The zero-order valence-corrected chi connectivity index (χ0v) is 14.7. The predicted molar refractivity (Wildman–Crippen MR) is 111 cm³/mol. The lowest BCUT2D eigenvalue weighted by Gasteiger charge is -2.12. The summed E-state index contributed by atoms with van der Waals surface area (Å²) in [5.74, 6) is 0. The normalized spacial score (nSPS) is 10.6. The third-order valence-corrected chi connectivity index (χ3v) is 4.69. The van der Waals surface area contributed by atoms with Gasteiger partial charge in [0.05, 0.1) is 0 Å². The molecule has 1 radical (unpaired) electrons. The molecule has 4 rings (SSSR count). The third-order valence-electron chi connectivity index (χ3n) is 4.69. The summed E-state index contributed by atoms with van der Waals surface area (Å²) in [4.78, 5) is 0. The van der Waals surface area contributed by atoms with E-state index in [0.29, 0.717) is 0 Å². The molecular weight excluding hydrogens is 312 g/mol. The lowest BCUT2D eigenvalue weighted by atomic mass is 9.92. The van der Waals surface area contributed by atoms with Crippen molar-refractivity contribution in [3.63, 3.8) is 0 Å². The molecule has 4 aromatic rings. The van der Waals surface area contributed by atoms with Crippen LogP contribution in [0.25, 0.3) is 22.3 Å². The number of benzene rings is 4. The Morgan fingerprint density at radius 3 is 1.65 bits per heavy atom. The Morgan fingerprint density at radius 2 is 0.962 bits per heavy atom. The highest BCUT2D eigenvalue weighted by Gasteiger charge is 2.08. The Kier molecular flexibility index (Phi) is 4.93. The second-order valence-corrected chi connectivity index (χ2v) is 6.38.